The van der Waals surface area contributed by atoms with Gasteiger partial charge in [0.05, 0.1) is 5.60 Å². The Morgan fingerprint density at radius 1 is 1.21 bits per heavy atom. The van der Waals surface area contributed by atoms with E-state index in [2.05, 4.69) is 22.9 Å². The van der Waals surface area contributed by atoms with Gasteiger partial charge < -0.3 is 10.0 Å². The van der Waals surface area contributed by atoms with Crippen LogP contribution in [0.2, 0.25) is 0 Å². The Morgan fingerprint density at radius 3 is 2.52 bits per heavy atom. The van der Waals surface area contributed by atoms with Crippen molar-refractivity contribution in [3.05, 3.63) is 53.2 Å². The van der Waals surface area contributed by atoms with Gasteiger partial charge in [-0.1, -0.05) is 13.8 Å². The molecule has 0 radical (unpaired) electrons. The quantitative estimate of drug-likeness (QED) is 0.537. The van der Waals surface area contributed by atoms with Crippen molar-refractivity contribution in [2.45, 2.75) is 43.6 Å². The highest BCUT2D eigenvalue weighted by atomic mass is 32.2. The number of benzene rings is 2. The lowest BCUT2D eigenvalue weighted by molar-refractivity contribution is -0.0311. The highest BCUT2D eigenvalue weighted by molar-refractivity contribution is 7.93. The molecule has 1 saturated heterocycles. The molecule has 7 nitrogen and oxygen atoms in total. The second-order valence-electron chi connectivity index (χ2n) is 8.92. The van der Waals surface area contributed by atoms with Crippen LogP contribution in [0.15, 0.2) is 46.7 Å². The van der Waals surface area contributed by atoms with E-state index < -0.39 is 21.4 Å². The van der Waals surface area contributed by atoms with E-state index in [4.69, 9.17) is 0 Å². The van der Waals surface area contributed by atoms with Gasteiger partial charge in [0.2, 0.25) is 0 Å². The molecule has 2 heterocycles. The molecule has 0 spiro atoms. The Hall–Kier alpha value is -2.56. The summed E-state index contributed by atoms with van der Waals surface area (Å²) >= 11 is 0.985. The second-order valence-corrected chi connectivity index (χ2v) is 11.2. The molecule has 2 N–H and O–H groups in total. The standard InChI is InChI=1S/C23H26FN3O4S2/c1-15(2)13-23(29)9-11-27(12-10-23)22(28)16-3-5-17(6-4-16)26-33(30,31)20-8-7-19(24)18-14-32-25-21(18)20/h3-8,14-15,26,29H,9-13H2,1-2H3. The van der Waals surface area contributed by atoms with Gasteiger partial charge in [0.15, 0.2) is 0 Å². The summed E-state index contributed by atoms with van der Waals surface area (Å²) in [6.45, 7) is 5.09. The molecular formula is C23H26FN3O4S2. The van der Waals surface area contributed by atoms with Crippen molar-refractivity contribution < 1.29 is 22.7 Å². The zero-order chi connectivity index (χ0) is 23.8. The van der Waals surface area contributed by atoms with Crippen molar-refractivity contribution in [1.29, 1.82) is 0 Å². The lowest BCUT2D eigenvalue weighted by atomic mass is 9.84. The third-order valence-electron chi connectivity index (χ3n) is 5.88. The van der Waals surface area contributed by atoms with E-state index in [1.165, 1.54) is 23.6 Å². The lowest BCUT2D eigenvalue weighted by Crippen LogP contribution is -2.47. The molecule has 0 unspecified atom stereocenters. The average Bonchev–Trinajstić information content (AvgIpc) is 3.24. The predicted molar refractivity (Wildman–Crippen MR) is 126 cm³/mol. The first-order valence-electron chi connectivity index (χ1n) is 10.8. The maximum atomic E-state index is 13.9. The van der Waals surface area contributed by atoms with E-state index in [1.54, 1.807) is 17.0 Å². The Bertz CT molecular complexity index is 1260. The van der Waals surface area contributed by atoms with Gasteiger partial charge in [0, 0.05) is 35.1 Å². The number of hydrogen-bond acceptors (Lipinski definition) is 6. The molecule has 0 saturated carbocycles. The molecule has 1 aliphatic rings. The van der Waals surface area contributed by atoms with E-state index in [-0.39, 0.29) is 27.4 Å². The monoisotopic (exact) mass is 491 g/mol. The fourth-order valence-corrected chi connectivity index (χ4v) is 6.24. The fraction of sp³-hybridized carbons (Fsp3) is 0.391. The van der Waals surface area contributed by atoms with Crippen LogP contribution in [0.3, 0.4) is 0 Å². The zero-order valence-corrected chi connectivity index (χ0v) is 20.0. The number of nitrogens with zero attached hydrogens (tertiary/aromatic N) is 2. The molecule has 2 aromatic carbocycles. The maximum Gasteiger partial charge on any atom is 0.264 e. The van der Waals surface area contributed by atoms with Crippen molar-refractivity contribution in [3.8, 4) is 0 Å². The number of carbonyl (C=O) groups is 1. The first-order chi connectivity index (χ1) is 15.6. The van der Waals surface area contributed by atoms with Crippen LogP contribution in [0.25, 0.3) is 10.9 Å². The van der Waals surface area contributed by atoms with Gasteiger partial charge in [0.25, 0.3) is 15.9 Å². The van der Waals surface area contributed by atoms with Crippen LogP contribution < -0.4 is 4.72 Å². The van der Waals surface area contributed by atoms with Gasteiger partial charge in [0.1, 0.15) is 16.2 Å². The Kier molecular flexibility index (Phi) is 6.43. The van der Waals surface area contributed by atoms with E-state index in [0.29, 0.717) is 43.8 Å². The number of halogens is 1. The summed E-state index contributed by atoms with van der Waals surface area (Å²) in [6.07, 6.45) is 1.79. The molecule has 1 aliphatic heterocycles. The maximum absolute atomic E-state index is 13.9. The minimum atomic E-state index is -4.00. The number of sulfonamides is 1. The summed E-state index contributed by atoms with van der Waals surface area (Å²) < 4.78 is 46.1. The molecule has 0 bridgehead atoms. The van der Waals surface area contributed by atoms with E-state index >= 15 is 0 Å². The van der Waals surface area contributed by atoms with Crippen molar-refractivity contribution in [1.82, 2.24) is 9.27 Å². The van der Waals surface area contributed by atoms with Gasteiger partial charge in [-0.25, -0.2) is 12.8 Å². The predicted octanol–water partition coefficient (Wildman–Crippen LogP) is 4.25. The number of rotatable bonds is 6. The van der Waals surface area contributed by atoms with E-state index in [0.717, 1.165) is 17.6 Å². The Morgan fingerprint density at radius 2 is 1.88 bits per heavy atom. The van der Waals surface area contributed by atoms with Crippen LogP contribution >= 0.6 is 11.5 Å². The normalized spacial score (nSPS) is 16.3. The van der Waals surface area contributed by atoms with Crippen LogP contribution in [0, 0.1) is 11.7 Å². The summed E-state index contributed by atoms with van der Waals surface area (Å²) in [7, 11) is -4.00. The molecule has 0 atom stereocenters. The number of aromatic nitrogens is 1. The van der Waals surface area contributed by atoms with Crippen molar-refractivity contribution in [2.24, 2.45) is 5.92 Å². The highest BCUT2D eigenvalue weighted by Crippen LogP contribution is 2.30. The van der Waals surface area contributed by atoms with Gasteiger partial charge in [-0.2, -0.15) is 4.37 Å². The number of nitrogens with one attached hydrogen (secondary N) is 1. The first-order valence-corrected chi connectivity index (χ1v) is 13.1. The molecule has 33 heavy (non-hydrogen) atoms. The number of hydrogen-bond donors (Lipinski definition) is 2. The number of fused-ring (bicyclic) bond motifs is 1. The number of aliphatic hydroxyl groups is 1. The Balaban J connectivity index is 1.45. The SMILES string of the molecule is CC(C)CC1(O)CCN(C(=O)c2ccc(NS(=O)(=O)c3ccc(F)c4csnc34)cc2)CC1. The molecule has 1 amide bonds. The lowest BCUT2D eigenvalue weighted by Gasteiger charge is -2.39. The summed E-state index contributed by atoms with van der Waals surface area (Å²) in [5, 5.41) is 12.3. The molecule has 10 heteroatoms. The molecule has 4 rings (SSSR count). The highest BCUT2D eigenvalue weighted by Gasteiger charge is 2.34. The zero-order valence-electron chi connectivity index (χ0n) is 18.4. The minimum Gasteiger partial charge on any atom is -0.390 e. The van der Waals surface area contributed by atoms with Crippen LogP contribution in [-0.2, 0) is 10.0 Å². The Labute approximate surface area is 196 Å². The molecular weight excluding hydrogens is 465 g/mol. The summed E-state index contributed by atoms with van der Waals surface area (Å²) in [5.41, 5.74) is 0.0813. The van der Waals surface area contributed by atoms with Gasteiger partial charge in [-0.15, -0.1) is 0 Å². The van der Waals surface area contributed by atoms with Crippen LogP contribution in [-0.4, -0.2) is 47.4 Å². The van der Waals surface area contributed by atoms with Gasteiger partial charge in [-0.05, 0) is 73.1 Å². The van der Waals surface area contributed by atoms with E-state index in [9.17, 15) is 22.7 Å². The third-order valence-corrected chi connectivity index (χ3v) is 7.93. The molecule has 3 aromatic rings. The second kappa shape index (κ2) is 9.00. The van der Waals surface area contributed by atoms with Crippen LogP contribution in [0.4, 0.5) is 10.1 Å². The third kappa shape index (κ3) is 5.02. The van der Waals surface area contributed by atoms with Gasteiger partial charge in [-0.3, -0.25) is 9.52 Å². The van der Waals surface area contributed by atoms with Crippen LogP contribution in [0.5, 0.6) is 0 Å². The summed E-state index contributed by atoms with van der Waals surface area (Å²) in [6, 6.07) is 8.47. The average molecular weight is 492 g/mol. The summed E-state index contributed by atoms with van der Waals surface area (Å²) in [4.78, 5) is 14.5. The smallest absolute Gasteiger partial charge is 0.264 e. The number of amides is 1. The molecule has 1 fully saturated rings. The molecule has 1 aromatic heterocycles. The first kappa shape index (κ1) is 23.6. The molecule has 0 aliphatic carbocycles. The van der Waals surface area contributed by atoms with Crippen molar-refractivity contribution in [3.63, 3.8) is 0 Å². The topological polar surface area (TPSA) is 99.6 Å². The van der Waals surface area contributed by atoms with Gasteiger partial charge >= 0.3 is 0 Å². The minimum absolute atomic E-state index is 0.0850. The largest absolute Gasteiger partial charge is 0.390 e. The van der Waals surface area contributed by atoms with Crippen molar-refractivity contribution in [2.75, 3.05) is 17.8 Å². The van der Waals surface area contributed by atoms with E-state index in [1.807, 2.05) is 0 Å². The van der Waals surface area contributed by atoms with Crippen LogP contribution in [0.1, 0.15) is 43.5 Å². The molecule has 176 valence electrons. The van der Waals surface area contributed by atoms with Crippen molar-refractivity contribution >= 4 is 44.1 Å². The summed E-state index contributed by atoms with van der Waals surface area (Å²) in [5.74, 6) is -0.297. The number of likely N-dealkylation sites (tertiary alicyclic amines) is 1. The number of piperidine rings is 1. The fourth-order valence-electron chi connectivity index (χ4n) is 4.28. The number of anilines is 1. The number of carbonyl (C=O) groups excluding carboxylic acids is 1.